The molecule has 0 bridgehead atoms. The quantitative estimate of drug-likeness (QED) is 0.806. The molecule has 108 valence electrons. The van der Waals surface area contributed by atoms with Gasteiger partial charge in [-0.25, -0.2) is 4.68 Å². The Kier molecular flexibility index (Phi) is 5.95. The summed E-state index contributed by atoms with van der Waals surface area (Å²) in [6.45, 7) is 12.1. The van der Waals surface area contributed by atoms with Crippen molar-refractivity contribution >= 4 is 5.91 Å². The van der Waals surface area contributed by atoms with Gasteiger partial charge in [0, 0.05) is 25.7 Å². The minimum absolute atomic E-state index is 0.0817. The van der Waals surface area contributed by atoms with Crippen LogP contribution < -0.4 is 5.32 Å². The normalized spacial score (nSPS) is 12.7. The maximum atomic E-state index is 12.2. The number of hydrogen-bond donors (Lipinski definition) is 1. The summed E-state index contributed by atoms with van der Waals surface area (Å²) in [5, 5.41) is 11.4. The van der Waals surface area contributed by atoms with Crippen LogP contribution in [-0.4, -0.2) is 44.9 Å². The van der Waals surface area contributed by atoms with E-state index in [0.29, 0.717) is 12.6 Å². The SMILES string of the molecule is CCN(CC)C(=O)C(C)n1cc(CNC(C)C)nn1. The summed E-state index contributed by atoms with van der Waals surface area (Å²) in [5.41, 5.74) is 0.855. The third kappa shape index (κ3) is 4.31. The van der Waals surface area contributed by atoms with Crippen LogP contribution in [0.15, 0.2) is 6.20 Å². The molecule has 19 heavy (non-hydrogen) atoms. The predicted octanol–water partition coefficient (Wildman–Crippen LogP) is 1.21. The second-order valence-corrected chi connectivity index (χ2v) is 4.91. The fourth-order valence-electron chi connectivity index (χ4n) is 1.81. The Hall–Kier alpha value is -1.43. The molecule has 1 atom stereocenters. The lowest BCUT2D eigenvalue weighted by molar-refractivity contribution is -0.134. The highest BCUT2D eigenvalue weighted by Crippen LogP contribution is 2.09. The molecule has 0 fully saturated rings. The topological polar surface area (TPSA) is 63.1 Å². The monoisotopic (exact) mass is 267 g/mol. The van der Waals surface area contributed by atoms with Crippen LogP contribution in [0.1, 0.15) is 46.4 Å². The molecule has 1 N–H and O–H groups in total. The molecule has 6 heteroatoms. The molecule has 1 aromatic rings. The number of rotatable bonds is 7. The number of aromatic nitrogens is 3. The summed E-state index contributed by atoms with van der Waals surface area (Å²) < 4.78 is 1.64. The lowest BCUT2D eigenvalue weighted by Crippen LogP contribution is -2.36. The minimum atomic E-state index is -0.305. The third-order valence-electron chi connectivity index (χ3n) is 3.08. The van der Waals surface area contributed by atoms with Gasteiger partial charge in [-0.05, 0) is 20.8 Å². The largest absolute Gasteiger partial charge is 0.341 e. The van der Waals surface area contributed by atoms with E-state index in [1.165, 1.54) is 0 Å². The van der Waals surface area contributed by atoms with Gasteiger partial charge < -0.3 is 10.2 Å². The van der Waals surface area contributed by atoms with Crippen LogP contribution in [0.5, 0.6) is 0 Å². The van der Waals surface area contributed by atoms with Gasteiger partial charge in [-0.2, -0.15) is 0 Å². The van der Waals surface area contributed by atoms with Crippen molar-refractivity contribution in [1.29, 1.82) is 0 Å². The molecule has 1 amide bonds. The van der Waals surface area contributed by atoms with Crippen molar-refractivity contribution in [2.24, 2.45) is 0 Å². The number of hydrogen-bond acceptors (Lipinski definition) is 4. The Bertz CT molecular complexity index is 397. The highest BCUT2D eigenvalue weighted by molar-refractivity contribution is 5.79. The first-order valence-corrected chi connectivity index (χ1v) is 6.92. The van der Waals surface area contributed by atoms with Crippen LogP contribution in [0, 0.1) is 0 Å². The van der Waals surface area contributed by atoms with Gasteiger partial charge in [-0.1, -0.05) is 19.1 Å². The highest BCUT2D eigenvalue weighted by atomic mass is 16.2. The summed E-state index contributed by atoms with van der Waals surface area (Å²) in [6, 6.07) is 0.0973. The fourth-order valence-corrected chi connectivity index (χ4v) is 1.81. The summed E-state index contributed by atoms with van der Waals surface area (Å²) in [4.78, 5) is 14.0. The molecule has 6 nitrogen and oxygen atoms in total. The van der Waals surface area contributed by atoms with Crippen molar-refractivity contribution in [2.45, 2.75) is 53.2 Å². The number of likely N-dealkylation sites (N-methyl/N-ethyl adjacent to an activating group) is 1. The van der Waals surface area contributed by atoms with Crippen LogP contribution in [-0.2, 0) is 11.3 Å². The zero-order valence-electron chi connectivity index (χ0n) is 12.6. The zero-order valence-corrected chi connectivity index (χ0v) is 12.6. The molecule has 0 aliphatic carbocycles. The van der Waals surface area contributed by atoms with E-state index in [2.05, 4.69) is 29.5 Å². The van der Waals surface area contributed by atoms with E-state index in [0.717, 1.165) is 18.8 Å². The van der Waals surface area contributed by atoms with Gasteiger partial charge >= 0.3 is 0 Å². The fraction of sp³-hybridized carbons (Fsp3) is 0.769. The molecule has 0 saturated heterocycles. The van der Waals surface area contributed by atoms with Crippen LogP contribution in [0.25, 0.3) is 0 Å². The average molecular weight is 267 g/mol. The second kappa shape index (κ2) is 7.23. The Morgan fingerprint density at radius 3 is 2.53 bits per heavy atom. The Morgan fingerprint density at radius 1 is 1.37 bits per heavy atom. The third-order valence-corrected chi connectivity index (χ3v) is 3.08. The molecular formula is C13H25N5O. The van der Waals surface area contributed by atoms with Gasteiger partial charge in [0.1, 0.15) is 6.04 Å². The maximum absolute atomic E-state index is 12.2. The Morgan fingerprint density at radius 2 is 2.00 bits per heavy atom. The molecule has 1 unspecified atom stereocenters. The molecule has 0 saturated carbocycles. The summed E-state index contributed by atoms with van der Waals surface area (Å²) in [6.07, 6.45) is 1.83. The first kappa shape index (κ1) is 15.6. The molecule has 0 aliphatic rings. The van der Waals surface area contributed by atoms with Crippen molar-refractivity contribution in [2.75, 3.05) is 13.1 Å². The molecule has 0 radical (unpaired) electrons. The van der Waals surface area contributed by atoms with E-state index in [-0.39, 0.29) is 11.9 Å². The first-order valence-electron chi connectivity index (χ1n) is 6.92. The van der Waals surface area contributed by atoms with Crippen molar-refractivity contribution < 1.29 is 4.79 Å². The van der Waals surface area contributed by atoms with Crippen molar-refractivity contribution in [3.63, 3.8) is 0 Å². The summed E-state index contributed by atoms with van der Waals surface area (Å²) >= 11 is 0. The molecular weight excluding hydrogens is 242 g/mol. The molecule has 1 aromatic heterocycles. The number of carbonyl (C=O) groups excluding carboxylic acids is 1. The van der Waals surface area contributed by atoms with Crippen molar-refractivity contribution in [1.82, 2.24) is 25.2 Å². The van der Waals surface area contributed by atoms with E-state index >= 15 is 0 Å². The Labute approximate surface area is 115 Å². The molecule has 1 heterocycles. The first-order chi connectivity index (χ1) is 8.99. The van der Waals surface area contributed by atoms with Crippen LogP contribution >= 0.6 is 0 Å². The zero-order chi connectivity index (χ0) is 14.4. The van der Waals surface area contributed by atoms with E-state index in [1.54, 1.807) is 9.58 Å². The van der Waals surface area contributed by atoms with Gasteiger partial charge in [-0.3, -0.25) is 4.79 Å². The number of amides is 1. The molecule has 0 aliphatic heterocycles. The lowest BCUT2D eigenvalue weighted by atomic mass is 10.3. The van der Waals surface area contributed by atoms with E-state index in [4.69, 9.17) is 0 Å². The molecule has 0 aromatic carbocycles. The van der Waals surface area contributed by atoms with E-state index in [1.807, 2.05) is 27.0 Å². The number of nitrogens with one attached hydrogen (secondary N) is 1. The van der Waals surface area contributed by atoms with Crippen molar-refractivity contribution in [3.05, 3.63) is 11.9 Å². The van der Waals surface area contributed by atoms with Crippen LogP contribution in [0.4, 0.5) is 0 Å². The smallest absolute Gasteiger partial charge is 0.247 e. The second-order valence-electron chi connectivity index (χ2n) is 4.91. The molecule has 0 spiro atoms. The number of nitrogens with zero attached hydrogens (tertiary/aromatic N) is 4. The minimum Gasteiger partial charge on any atom is -0.341 e. The molecule has 1 rings (SSSR count). The lowest BCUT2D eigenvalue weighted by Gasteiger charge is -2.22. The van der Waals surface area contributed by atoms with Gasteiger partial charge in [0.15, 0.2) is 0 Å². The van der Waals surface area contributed by atoms with Gasteiger partial charge in [-0.15, -0.1) is 5.10 Å². The van der Waals surface area contributed by atoms with Gasteiger partial charge in [0.25, 0.3) is 0 Å². The highest BCUT2D eigenvalue weighted by Gasteiger charge is 2.20. The summed E-state index contributed by atoms with van der Waals surface area (Å²) in [5.74, 6) is 0.0817. The maximum Gasteiger partial charge on any atom is 0.247 e. The van der Waals surface area contributed by atoms with Crippen LogP contribution in [0.2, 0.25) is 0 Å². The van der Waals surface area contributed by atoms with Crippen LogP contribution in [0.3, 0.4) is 0 Å². The number of carbonyl (C=O) groups is 1. The predicted molar refractivity (Wildman–Crippen MR) is 74.6 cm³/mol. The summed E-state index contributed by atoms with van der Waals surface area (Å²) in [7, 11) is 0. The standard InChI is InChI=1S/C13H25N5O/c1-6-17(7-2)13(19)11(5)18-9-12(15-16-18)8-14-10(3)4/h9-11,14H,6-8H2,1-5H3. The van der Waals surface area contributed by atoms with E-state index in [9.17, 15) is 4.79 Å². The van der Waals surface area contributed by atoms with Crippen molar-refractivity contribution in [3.8, 4) is 0 Å². The van der Waals surface area contributed by atoms with Gasteiger partial charge in [0.05, 0.1) is 11.9 Å². The van der Waals surface area contributed by atoms with E-state index < -0.39 is 0 Å². The average Bonchev–Trinajstić information content (AvgIpc) is 2.85. The van der Waals surface area contributed by atoms with Gasteiger partial charge in [0.2, 0.25) is 5.91 Å². The Balaban J connectivity index is 2.67.